The number of amides is 1. The first-order chi connectivity index (χ1) is 7.61. The zero-order valence-electron chi connectivity index (χ0n) is 9.09. The van der Waals surface area contributed by atoms with E-state index in [4.69, 9.17) is 11.6 Å². The first-order valence-electron chi connectivity index (χ1n) is 5.40. The van der Waals surface area contributed by atoms with Crippen molar-refractivity contribution in [1.29, 1.82) is 0 Å². The summed E-state index contributed by atoms with van der Waals surface area (Å²) in [5.74, 6) is 0.160. The van der Waals surface area contributed by atoms with Crippen molar-refractivity contribution in [3.8, 4) is 0 Å². The summed E-state index contributed by atoms with van der Waals surface area (Å²) in [4.78, 5) is 13.1. The number of hydrogen-bond acceptors (Lipinski definition) is 2. The summed E-state index contributed by atoms with van der Waals surface area (Å²) < 4.78 is 0. The number of nitrogens with zero attached hydrogens (tertiary/aromatic N) is 1. The Labute approximate surface area is 99.4 Å². The van der Waals surface area contributed by atoms with Gasteiger partial charge in [0.2, 0.25) is 5.91 Å². The van der Waals surface area contributed by atoms with Crippen LogP contribution in [0.2, 0.25) is 5.02 Å². The molecular weight excluding hydrogens is 224 g/mol. The molecule has 3 nitrogen and oxygen atoms in total. The molecule has 0 aromatic heterocycles. The minimum atomic E-state index is 0.131. The smallest absolute Gasteiger partial charge is 0.219 e. The molecule has 2 aliphatic heterocycles. The van der Waals surface area contributed by atoms with Gasteiger partial charge in [-0.15, -0.1) is 0 Å². The number of rotatable bonds is 0. The lowest BCUT2D eigenvalue weighted by Gasteiger charge is -2.47. The number of anilines is 1. The van der Waals surface area contributed by atoms with Crippen LogP contribution in [0.5, 0.6) is 0 Å². The quantitative estimate of drug-likeness (QED) is 0.746. The predicted molar refractivity (Wildman–Crippen MR) is 63.9 cm³/mol. The standard InChI is InChI=1S/C12H13ClN2O/c1-8(16)15-6-12(7-15)5-14-11-4-9(13)2-3-10(11)12/h2-4,14H,5-7H2,1H3. The second kappa shape index (κ2) is 3.14. The third-order valence-electron chi connectivity index (χ3n) is 3.60. The number of nitrogens with one attached hydrogen (secondary N) is 1. The third kappa shape index (κ3) is 1.24. The van der Waals surface area contributed by atoms with Crippen LogP contribution in [0.4, 0.5) is 5.69 Å². The lowest BCUT2D eigenvalue weighted by molar-refractivity contribution is -0.135. The minimum Gasteiger partial charge on any atom is -0.384 e. The zero-order chi connectivity index (χ0) is 11.3. The third-order valence-corrected chi connectivity index (χ3v) is 3.84. The zero-order valence-corrected chi connectivity index (χ0v) is 9.84. The highest BCUT2D eigenvalue weighted by Gasteiger charge is 2.49. The van der Waals surface area contributed by atoms with Crippen molar-refractivity contribution < 1.29 is 4.79 Å². The summed E-state index contributed by atoms with van der Waals surface area (Å²) in [6.07, 6.45) is 0. The Kier molecular flexibility index (Phi) is 1.96. The van der Waals surface area contributed by atoms with Crippen molar-refractivity contribution in [1.82, 2.24) is 4.90 Å². The van der Waals surface area contributed by atoms with E-state index in [-0.39, 0.29) is 11.3 Å². The van der Waals surface area contributed by atoms with Crippen molar-refractivity contribution in [2.45, 2.75) is 12.3 Å². The van der Waals surface area contributed by atoms with E-state index in [1.807, 2.05) is 17.0 Å². The molecule has 2 aliphatic rings. The highest BCUT2D eigenvalue weighted by Crippen LogP contribution is 2.43. The van der Waals surface area contributed by atoms with E-state index in [1.54, 1.807) is 6.92 Å². The largest absolute Gasteiger partial charge is 0.384 e. The Balaban J connectivity index is 1.91. The fourth-order valence-electron chi connectivity index (χ4n) is 2.67. The van der Waals surface area contributed by atoms with Gasteiger partial charge in [-0.25, -0.2) is 0 Å². The molecule has 0 aliphatic carbocycles. The van der Waals surface area contributed by atoms with E-state index >= 15 is 0 Å². The van der Waals surface area contributed by atoms with Gasteiger partial charge in [-0.3, -0.25) is 4.79 Å². The van der Waals surface area contributed by atoms with Crippen molar-refractivity contribution in [3.63, 3.8) is 0 Å². The van der Waals surface area contributed by atoms with Crippen LogP contribution >= 0.6 is 11.6 Å². The summed E-state index contributed by atoms with van der Waals surface area (Å²) in [6, 6.07) is 5.96. The van der Waals surface area contributed by atoms with Crippen LogP contribution in [0.1, 0.15) is 12.5 Å². The van der Waals surface area contributed by atoms with Gasteiger partial charge in [-0.2, -0.15) is 0 Å². The lowest BCUT2D eigenvalue weighted by atomic mass is 9.75. The van der Waals surface area contributed by atoms with Gasteiger partial charge in [-0.1, -0.05) is 17.7 Å². The molecule has 1 aromatic carbocycles. The highest BCUT2D eigenvalue weighted by atomic mass is 35.5. The van der Waals surface area contributed by atoms with Crippen molar-refractivity contribution in [3.05, 3.63) is 28.8 Å². The molecule has 3 rings (SSSR count). The minimum absolute atomic E-state index is 0.131. The molecule has 4 heteroatoms. The lowest BCUT2D eigenvalue weighted by Crippen LogP contribution is -2.61. The summed E-state index contributed by atoms with van der Waals surface area (Å²) >= 11 is 5.95. The number of hydrogen-bond donors (Lipinski definition) is 1. The van der Waals surface area contributed by atoms with Crippen molar-refractivity contribution >= 4 is 23.2 Å². The van der Waals surface area contributed by atoms with Gasteiger partial charge in [0.25, 0.3) is 0 Å². The molecule has 16 heavy (non-hydrogen) atoms. The Morgan fingerprint density at radius 2 is 2.25 bits per heavy atom. The van der Waals surface area contributed by atoms with Crippen molar-refractivity contribution in [2.75, 3.05) is 25.0 Å². The van der Waals surface area contributed by atoms with Gasteiger partial charge in [0.05, 0.1) is 0 Å². The number of halogens is 1. The highest BCUT2D eigenvalue weighted by molar-refractivity contribution is 6.30. The number of carbonyl (C=O) groups excluding carboxylic acids is 1. The van der Waals surface area contributed by atoms with Crippen LogP contribution in [0, 0.1) is 0 Å². The summed E-state index contributed by atoms with van der Waals surface area (Å²) in [5, 5.41) is 4.13. The fourth-order valence-corrected chi connectivity index (χ4v) is 2.85. The van der Waals surface area contributed by atoms with Gasteiger partial charge in [0, 0.05) is 42.7 Å². The number of fused-ring (bicyclic) bond motifs is 2. The first-order valence-corrected chi connectivity index (χ1v) is 5.78. The van der Waals surface area contributed by atoms with Crippen LogP contribution in [0.25, 0.3) is 0 Å². The van der Waals surface area contributed by atoms with Gasteiger partial charge < -0.3 is 10.2 Å². The van der Waals surface area contributed by atoms with Gasteiger partial charge in [0.15, 0.2) is 0 Å². The molecule has 1 aromatic rings. The summed E-state index contributed by atoms with van der Waals surface area (Å²) in [7, 11) is 0. The van der Waals surface area contributed by atoms with Crippen LogP contribution < -0.4 is 5.32 Å². The Morgan fingerprint density at radius 3 is 2.94 bits per heavy atom. The van der Waals surface area contributed by atoms with E-state index in [0.29, 0.717) is 0 Å². The van der Waals surface area contributed by atoms with E-state index in [9.17, 15) is 4.79 Å². The van der Waals surface area contributed by atoms with E-state index in [2.05, 4.69) is 11.4 Å². The molecule has 0 unspecified atom stereocenters. The average molecular weight is 237 g/mol. The second-order valence-corrected chi connectivity index (χ2v) is 5.14. The molecule has 0 saturated carbocycles. The molecule has 0 radical (unpaired) electrons. The van der Waals surface area contributed by atoms with Crippen LogP contribution in [0.3, 0.4) is 0 Å². The number of carbonyl (C=O) groups is 1. The van der Waals surface area contributed by atoms with E-state index in [1.165, 1.54) is 5.56 Å². The van der Waals surface area contributed by atoms with Crippen LogP contribution in [-0.4, -0.2) is 30.4 Å². The monoisotopic (exact) mass is 236 g/mol. The van der Waals surface area contributed by atoms with E-state index < -0.39 is 0 Å². The Bertz CT molecular complexity index is 466. The topological polar surface area (TPSA) is 32.3 Å². The average Bonchev–Trinajstić information content (AvgIpc) is 2.53. The van der Waals surface area contributed by atoms with Crippen LogP contribution in [-0.2, 0) is 10.2 Å². The number of benzene rings is 1. The molecule has 1 amide bonds. The first kappa shape index (κ1) is 9.97. The summed E-state index contributed by atoms with van der Waals surface area (Å²) in [5.41, 5.74) is 2.55. The molecule has 1 spiro atoms. The van der Waals surface area contributed by atoms with Gasteiger partial charge >= 0.3 is 0 Å². The maximum Gasteiger partial charge on any atom is 0.219 e. The summed E-state index contributed by atoms with van der Waals surface area (Å²) in [6.45, 7) is 4.18. The Morgan fingerprint density at radius 1 is 1.50 bits per heavy atom. The van der Waals surface area contributed by atoms with Gasteiger partial charge in [-0.05, 0) is 17.7 Å². The molecule has 2 heterocycles. The normalized spacial score (nSPS) is 20.2. The fraction of sp³-hybridized carbons (Fsp3) is 0.417. The maximum atomic E-state index is 11.2. The van der Waals surface area contributed by atoms with Gasteiger partial charge in [0.1, 0.15) is 0 Å². The molecule has 1 N–H and O–H groups in total. The van der Waals surface area contributed by atoms with E-state index in [0.717, 1.165) is 30.3 Å². The van der Waals surface area contributed by atoms with Crippen molar-refractivity contribution in [2.24, 2.45) is 0 Å². The molecule has 1 saturated heterocycles. The molecule has 0 atom stereocenters. The molecule has 0 bridgehead atoms. The maximum absolute atomic E-state index is 11.2. The predicted octanol–water partition coefficient (Wildman–Crippen LogP) is 1.87. The second-order valence-electron chi connectivity index (χ2n) is 4.70. The molecule has 1 fully saturated rings. The molecule has 84 valence electrons. The number of likely N-dealkylation sites (tertiary alicyclic amines) is 1. The molecular formula is C12H13ClN2O. The van der Waals surface area contributed by atoms with Crippen LogP contribution in [0.15, 0.2) is 18.2 Å². The Hall–Kier alpha value is -1.22. The SMILES string of the molecule is CC(=O)N1CC2(CNc3cc(Cl)ccc32)C1.